The summed E-state index contributed by atoms with van der Waals surface area (Å²) < 4.78 is 15.5. The number of esters is 1. The molecular formula is C15H20O6. The van der Waals surface area contributed by atoms with E-state index in [9.17, 15) is 14.7 Å². The van der Waals surface area contributed by atoms with Gasteiger partial charge in [-0.15, -0.1) is 0 Å². The highest BCUT2D eigenvalue weighted by atomic mass is 16.5. The second kappa shape index (κ2) is 7.52. The van der Waals surface area contributed by atoms with Crippen molar-refractivity contribution in [1.29, 1.82) is 0 Å². The van der Waals surface area contributed by atoms with Gasteiger partial charge in [0.2, 0.25) is 0 Å². The molecule has 21 heavy (non-hydrogen) atoms. The number of hydrogen-bond donors (Lipinski definition) is 1. The first kappa shape index (κ1) is 16.8. The topological polar surface area (TPSA) is 82.1 Å². The minimum Gasteiger partial charge on any atom is -0.493 e. The second-order valence-corrected chi connectivity index (χ2v) is 4.61. The van der Waals surface area contributed by atoms with Crippen LogP contribution in [0.3, 0.4) is 0 Å². The Labute approximate surface area is 123 Å². The summed E-state index contributed by atoms with van der Waals surface area (Å²) in [7, 11) is 1.52. The molecule has 1 aromatic carbocycles. The molecule has 0 heterocycles. The Hall–Kier alpha value is -2.24. The van der Waals surface area contributed by atoms with Crippen LogP contribution in [0, 0.1) is 5.41 Å². The SMILES string of the molecule is CCOC(=O)C(C)(CCOc1ccccc1OC)C(=O)O. The van der Waals surface area contributed by atoms with Gasteiger partial charge in [0.05, 0.1) is 20.3 Å². The van der Waals surface area contributed by atoms with Crippen molar-refractivity contribution in [2.24, 2.45) is 5.41 Å². The molecular weight excluding hydrogens is 276 g/mol. The van der Waals surface area contributed by atoms with Gasteiger partial charge < -0.3 is 19.3 Å². The van der Waals surface area contributed by atoms with Crippen molar-refractivity contribution in [3.63, 3.8) is 0 Å². The smallest absolute Gasteiger partial charge is 0.323 e. The first-order chi connectivity index (χ1) is 9.95. The monoisotopic (exact) mass is 296 g/mol. The molecule has 0 saturated heterocycles. The number of carboxylic acids is 1. The first-order valence-corrected chi connectivity index (χ1v) is 6.62. The Morgan fingerprint density at radius 1 is 1.24 bits per heavy atom. The summed E-state index contributed by atoms with van der Waals surface area (Å²) in [6.45, 7) is 3.15. The fourth-order valence-electron chi connectivity index (χ4n) is 1.69. The molecule has 0 saturated carbocycles. The number of para-hydroxylation sites is 2. The molecule has 0 radical (unpaired) electrons. The lowest BCUT2D eigenvalue weighted by Gasteiger charge is -2.22. The van der Waals surface area contributed by atoms with Crippen LogP contribution in [-0.4, -0.2) is 37.4 Å². The van der Waals surface area contributed by atoms with E-state index >= 15 is 0 Å². The second-order valence-electron chi connectivity index (χ2n) is 4.61. The molecule has 0 fully saturated rings. The molecule has 0 aliphatic carbocycles. The van der Waals surface area contributed by atoms with Gasteiger partial charge >= 0.3 is 11.9 Å². The van der Waals surface area contributed by atoms with E-state index < -0.39 is 17.4 Å². The van der Waals surface area contributed by atoms with Gasteiger partial charge in [0.25, 0.3) is 0 Å². The maximum Gasteiger partial charge on any atom is 0.323 e. The lowest BCUT2D eigenvalue weighted by Crippen LogP contribution is -2.39. The number of benzene rings is 1. The van der Waals surface area contributed by atoms with Crippen LogP contribution in [0.5, 0.6) is 11.5 Å². The molecule has 0 amide bonds. The fraction of sp³-hybridized carbons (Fsp3) is 0.467. The van der Waals surface area contributed by atoms with Gasteiger partial charge in [0.1, 0.15) is 0 Å². The minimum atomic E-state index is -1.63. The van der Waals surface area contributed by atoms with Crippen molar-refractivity contribution < 1.29 is 28.9 Å². The summed E-state index contributed by atoms with van der Waals surface area (Å²) in [6.07, 6.45) is -0.000779. The van der Waals surface area contributed by atoms with Gasteiger partial charge in [0.15, 0.2) is 16.9 Å². The summed E-state index contributed by atoms with van der Waals surface area (Å²) in [5, 5.41) is 9.25. The standard InChI is InChI=1S/C15H20O6/c1-4-20-14(18)15(2,13(16)17)9-10-21-12-8-6-5-7-11(12)19-3/h5-8H,4,9-10H2,1-3H3,(H,16,17). The van der Waals surface area contributed by atoms with E-state index in [1.54, 1.807) is 31.2 Å². The molecule has 1 aromatic rings. The van der Waals surface area contributed by atoms with Gasteiger partial charge in [-0.2, -0.15) is 0 Å². The molecule has 0 spiro atoms. The summed E-state index contributed by atoms with van der Waals surface area (Å²) in [5.74, 6) is -0.951. The van der Waals surface area contributed by atoms with Gasteiger partial charge in [-0.1, -0.05) is 12.1 Å². The van der Waals surface area contributed by atoms with E-state index in [2.05, 4.69) is 0 Å². The van der Waals surface area contributed by atoms with E-state index in [-0.39, 0.29) is 19.6 Å². The summed E-state index contributed by atoms with van der Waals surface area (Å²) >= 11 is 0. The van der Waals surface area contributed by atoms with E-state index in [4.69, 9.17) is 14.2 Å². The third-order valence-corrected chi connectivity index (χ3v) is 3.13. The Balaban J connectivity index is 2.70. The van der Waals surface area contributed by atoms with Crippen molar-refractivity contribution in [3.05, 3.63) is 24.3 Å². The van der Waals surface area contributed by atoms with Crippen LogP contribution in [0.1, 0.15) is 20.3 Å². The van der Waals surface area contributed by atoms with E-state index in [1.165, 1.54) is 14.0 Å². The van der Waals surface area contributed by atoms with Gasteiger partial charge in [0, 0.05) is 6.42 Å². The molecule has 1 N–H and O–H groups in total. The van der Waals surface area contributed by atoms with Gasteiger partial charge in [-0.05, 0) is 26.0 Å². The maximum atomic E-state index is 11.8. The highest BCUT2D eigenvalue weighted by molar-refractivity contribution is 5.98. The molecule has 1 rings (SSSR count). The predicted octanol–water partition coefficient (Wildman–Crippen LogP) is 2.12. The lowest BCUT2D eigenvalue weighted by atomic mass is 9.87. The Kier molecular flexibility index (Phi) is 6.02. The fourth-order valence-corrected chi connectivity index (χ4v) is 1.69. The maximum absolute atomic E-state index is 11.8. The zero-order valence-electron chi connectivity index (χ0n) is 12.4. The average Bonchev–Trinajstić information content (AvgIpc) is 2.47. The highest BCUT2D eigenvalue weighted by Gasteiger charge is 2.42. The van der Waals surface area contributed by atoms with Crippen molar-refractivity contribution in [2.75, 3.05) is 20.3 Å². The molecule has 6 nitrogen and oxygen atoms in total. The van der Waals surface area contributed by atoms with Gasteiger partial charge in [-0.25, -0.2) is 0 Å². The molecule has 1 unspecified atom stereocenters. The van der Waals surface area contributed by atoms with Crippen LogP contribution in [0.25, 0.3) is 0 Å². The van der Waals surface area contributed by atoms with Crippen molar-refractivity contribution in [1.82, 2.24) is 0 Å². The number of methoxy groups -OCH3 is 1. The molecule has 0 aliphatic rings. The summed E-state index contributed by atoms with van der Waals surface area (Å²) in [6, 6.07) is 7.02. The van der Waals surface area contributed by atoms with Crippen LogP contribution < -0.4 is 9.47 Å². The van der Waals surface area contributed by atoms with Crippen LogP contribution >= 0.6 is 0 Å². The highest BCUT2D eigenvalue weighted by Crippen LogP contribution is 2.28. The number of aliphatic carboxylic acids is 1. The van der Waals surface area contributed by atoms with E-state index in [0.29, 0.717) is 11.5 Å². The number of rotatable bonds is 8. The van der Waals surface area contributed by atoms with E-state index in [0.717, 1.165) is 0 Å². The summed E-state index contributed by atoms with van der Waals surface area (Å²) in [5.41, 5.74) is -1.63. The number of carboxylic acid groups (broad SMARTS) is 1. The number of ether oxygens (including phenoxy) is 3. The van der Waals surface area contributed by atoms with Crippen molar-refractivity contribution in [3.8, 4) is 11.5 Å². The zero-order valence-corrected chi connectivity index (χ0v) is 12.4. The molecule has 0 aromatic heterocycles. The normalized spacial score (nSPS) is 13.1. The molecule has 0 bridgehead atoms. The number of carbonyl (C=O) groups excluding carboxylic acids is 1. The molecule has 0 aliphatic heterocycles. The predicted molar refractivity (Wildman–Crippen MR) is 75.5 cm³/mol. The quantitative estimate of drug-likeness (QED) is 0.584. The number of carbonyl (C=O) groups is 2. The third-order valence-electron chi connectivity index (χ3n) is 3.13. The molecule has 1 atom stereocenters. The Morgan fingerprint density at radius 3 is 2.38 bits per heavy atom. The van der Waals surface area contributed by atoms with Crippen LogP contribution in [0.2, 0.25) is 0 Å². The van der Waals surface area contributed by atoms with E-state index in [1.807, 2.05) is 0 Å². The van der Waals surface area contributed by atoms with Gasteiger partial charge in [-0.3, -0.25) is 9.59 Å². The molecule has 6 heteroatoms. The summed E-state index contributed by atoms with van der Waals surface area (Å²) in [4.78, 5) is 23.1. The zero-order chi connectivity index (χ0) is 15.9. The van der Waals surface area contributed by atoms with Crippen LogP contribution in [0.4, 0.5) is 0 Å². The minimum absolute atomic E-state index is 0.000779. The third kappa shape index (κ3) is 4.11. The van der Waals surface area contributed by atoms with Crippen molar-refractivity contribution in [2.45, 2.75) is 20.3 Å². The Morgan fingerprint density at radius 2 is 1.86 bits per heavy atom. The first-order valence-electron chi connectivity index (χ1n) is 6.62. The lowest BCUT2D eigenvalue weighted by molar-refractivity contribution is -0.168. The molecule has 116 valence electrons. The Bertz CT molecular complexity index is 499. The number of hydrogen-bond acceptors (Lipinski definition) is 5. The van der Waals surface area contributed by atoms with Crippen molar-refractivity contribution >= 4 is 11.9 Å². The average molecular weight is 296 g/mol. The van der Waals surface area contributed by atoms with Crippen LogP contribution in [0.15, 0.2) is 24.3 Å². The largest absolute Gasteiger partial charge is 0.493 e. The van der Waals surface area contributed by atoms with Crippen LogP contribution in [-0.2, 0) is 14.3 Å².